The number of nitrogens with zero attached hydrogens (tertiary/aromatic N) is 1. The molecule has 1 N–H and O–H groups in total. The first-order chi connectivity index (χ1) is 9.36. The number of thiophene rings is 1. The van der Waals surface area contributed by atoms with Gasteiger partial charge in [0.2, 0.25) is 0 Å². The van der Waals surface area contributed by atoms with Crippen LogP contribution in [0.15, 0.2) is 12.1 Å². The third-order valence-electron chi connectivity index (χ3n) is 4.65. The number of nitrogens with one attached hydrogen (secondary N) is 1. The second kappa shape index (κ2) is 6.38. The Bertz CT molecular complexity index is 395. The van der Waals surface area contributed by atoms with Gasteiger partial charge in [0.25, 0.3) is 0 Å². The molecule has 0 bridgehead atoms. The molecule has 2 aliphatic rings. The number of aryl methyl sites for hydroxylation is 1. The van der Waals surface area contributed by atoms with Gasteiger partial charge in [-0.15, -0.1) is 11.3 Å². The van der Waals surface area contributed by atoms with Crippen molar-refractivity contribution in [2.24, 2.45) is 0 Å². The Kier molecular flexibility index (Phi) is 4.57. The van der Waals surface area contributed by atoms with E-state index in [-0.39, 0.29) is 0 Å². The van der Waals surface area contributed by atoms with Crippen LogP contribution in [0.3, 0.4) is 0 Å². The summed E-state index contributed by atoms with van der Waals surface area (Å²) in [5, 5.41) is 3.72. The lowest BCUT2D eigenvalue weighted by Crippen LogP contribution is -2.49. The van der Waals surface area contributed by atoms with Gasteiger partial charge in [0.1, 0.15) is 0 Å². The zero-order valence-electron chi connectivity index (χ0n) is 12.0. The SMILES string of the molecule is CCc1ccc(CN2CCCCC2C2CCCN2)s1. The molecule has 0 radical (unpaired) electrons. The van der Waals surface area contributed by atoms with Crippen molar-refractivity contribution in [3.8, 4) is 0 Å². The molecule has 0 spiro atoms. The van der Waals surface area contributed by atoms with Crippen LogP contribution in [0.1, 0.15) is 48.8 Å². The Labute approximate surface area is 121 Å². The summed E-state index contributed by atoms with van der Waals surface area (Å²) in [6.07, 6.45) is 8.13. The normalized spacial score (nSPS) is 28.9. The maximum atomic E-state index is 3.72. The number of rotatable bonds is 4. The van der Waals surface area contributed by atoms with Gasteiger partial charge in [-0.05, 0) is 57.3 Å². The van der Waals surface area contributed by atoms with Crippen molar-refractivity contribution in [2.45, 2.75) is 64.1 Å². The molecule has 106 valence electrons. The molecular weight excluding hydrogens is 252 g/mol. The van der Waals surface area contributed by atoms with Crippen molar-refractivity contribution in [2.75, 3.05) is 13.1 Å². The molecule has 0 aliphatic carbocycles. The fourth-order valence-corrected chi connectivity index (χ4v) is 4.59. The average molecular weight is 278 g/mol. The lowest BCUT2D eigenvalue weighted by atomic mass is 9.94. The smallest absolute Gasteiger partial charge is 0.0331 e. The molecule has 3 heterocycles. The third-order valence-corrected chi connectivity index (χ3v) is 5.87. The molecule has 2 fully saturated rings. The summed E-state index contributed by atoms with van der Waals surface area (Å²) in [5.41, 5.74) is 0. The molecule has 2 saturated heterocycles. The van der Waals surface area contributed by atoms with E-state index in [2.05, 4.69) is 29.3 Å². The summed E-state index contributed by atoms with van der Waals surface area (Å²) in [6.45, 7) is 5.95. The molecule has 2 atom stereocenters. The molecule has 0 saturated carbocycles. The fraction of sp³-hybridized carbons (Fsp3) is 0.750. The van der Waals surface area contributed by atoms with E-state index in [0.717, 1.165) is 12.1 Å². The van der Waals surface area contributed by atoms with Crippen molar-refractivity contribution in [3.05, 3.63) is 21.9 Å². The van der Waals surface area contributed by atoms with Crippen LogP contribution < -0.4 is 5.32 Å². The van der Waals surface area contributed by atoms with E-state index < -0.39 is 0 Å². The Balaban J connectivity index is 1.65. The van der Waals surface area contributed by atoms with Crippen LogP contribution in [0, 0.1) is 0 Å². The molecule has 19 heavy (non-hydrogen) atoms. The van der Waals surface area contributed by atoms with E-state index in [9.17, 15) is 0 Å². The molecule has 2 nitrogen and oxygen atoms in total. The summed E-state index contributed by atoms with van der Waals surface area (Å²) >= 11 is 2.01. The fourth-order valence-electron chi connectivity index (χ4n) is 3.61. The van der Waals surface area contributed by atoms with Gasteiger partial charge in [-0.3, -0.25) is 4.90 Å². The van der Waals surface area contributed by atoms with Crippen LogP contribution in [0.5, 0.6) is 0 Å². The Hall–Kier alpha value is -0.380. The van der Waals surface area contributed by atoms with Crippen LogP contribution in [-0.4, -0.2) is 30.1 Å². The number of piperidine rings is 1. The van der Waals surface area contributed by atoms with Crippen LogP contribution >= 0.6 is 11.3 Å². The minimum Gasteiger partial charge on any atom is -0.312 e. The lowest BCUT2D eigenvalue weighted by Gasteiger charge is -2.39. The predicted octanol–water partition coefficient (Wildman–Crippen LogP) is 3.42. The second-order valence-corrected chi connectivity index (χ2v) is 7.21. The first kappa shape index (κ1) is 13.6. The second-order valence-electron chi connectivity index (χ2n) is 5.96. The van der Waals surface area contributed by atoms with E-state index in [1.807, 2.05) is 11.3 Å². The molecule has 2 aliphatic heterocycles. The van der Waals surface area contributed by atoms with Gasteiger partial charge in [0.15, 0.2) is 0 Å². The van der Waals surface area contributed by atoms with Gasteiger partial charge >= 0.3 is 0 Å². The Morgan fingerprint density at radius 2 is 2.11 bits per heavy atom. The van der Waals surface area contributed by atoms with Gasteiger partial charge in [0, 0.05) is 28.4 Å². The van der Waals surface area contributed by atoms with Gasteiger partial charge < -0.3 is 5.32 Å². The Morgan fingerprint density at radius 3 is 2.84 bits per heavy atom. The number of hydrogen-bond donors (Lipinski definition) is 1. The standard InChI is InChI=1S/C16H26N2S/c1-2-13-8-9-14(19-13)12-18-11-4-3-7-16(18)15-6-5-10-17-15/h8-9,15-17H,2-7,10-12H2,1H3. The summed E-state index contributed by atoms with van der Waals surface area (Å²) in [6, 6.07) is 6.19. The zero-order valence-corrected chi connectivity index (χ0v) is 12.8. The maximum absolute atomic E-state index is 3.72. The number of likely N-dealkylation sites (tertiary alicyclic amines) is 1. The third kappa shape index (κ3) is 3.21. The molecule has 1 aromatic heterocycles. The maximum Gasteiger partial charge on any atom is 0.0331 e. The first-order valence-corrected chi connectivity index (χ1v) is 8.73. The van der Waals surface area contributed by atoms with Crippen molar-refractivity contribution >= 4 is 11.3 Å². The van der Waals surface area contributed by atoms with Crippen LogP contribution in [0.25, 0.3) is 0 Å². The van der Waals surface area contributed by atoms with Gasteiger partial charge in [-0.1, -0.05) is 13.3 Å². The van der Waals surface area contributed by atoms with Gasteiger partial charge in [-0.25, -0.2) is 0 Å². The minimum atomic E-state index is 0.755. The largest absolute Gasteiger partial charge is 0.312 e. The van der Waals surface area contributed by atoms with E-state index >= 15 is 0 Å². The molecule has 2 unspecified atom stereocenters. The molecule has 0 amide bonds. The molecule has 3 rings (SSSR count). The summed E-state index contributed by atoms with van der Waals surface area (Å²) < 4.78 is 0. The lowest BCUT2D eigenvalue weighted by molar-refractivity contribution is 0.113. The zero-order chi connectivity index (χ0) is 13.1. The monoisotopic (exact) mass is 278 g/mol. The van der Waals surface area contributed by atoms with Crippen LogP contribution in [0.2, 0.25) is 0 Å². The summed E-state index contributed by atoms with van der Waals surface area (Å²) in [5.74, 6) is 0. The minimum absolute atomic E-state index is 0.755. The molecular formula is C16H26N2S. The molecule has 3 heteroatoms. The van der Waals surface area contributed by atoms with Crippen molar-refractivity contribution in [1.29, 1.82) is 0 Å². The van der Waals surface area contributed by atoms with E-state index in [4.69, 9.17) is 0 Å². The van der Waals surface area contributed by atoms with E-state index in [0.29, 0.717) is 0 Å². The van der Waals surface area contributed by atoms with Gasteiger partial charge in [0.05, 0.1) is 0 Å². The highest BCUT2D eigenvalue weighted by molar-refractivity contribution is 7.11. The number of hydrogen-bond acceptors (Lipinski definition) is 3. The highest BCUT2D eigenvalue weighted by Gasteiger charge is 2.31. The van der Waals surface area contributed by atoms with E-state index in [1.54, 1.807) is 4.88 Å². The van der Waals surface area contributed by atoms with Crippen molar-refractivity contribution in [3.63, 3.8) is 0 Å². The molecule has 0 aromatic carbocycles. The van der Waals surface area contributed by atoms with Gasteiger partial charge in [-0.2, -0.15) is 0 Å². The Morgan fingerprint density at radius 1 is 1.21 bits per heavy atom. The highest BCUT2D eigenvalue weighted by Crippen LogP contribution is 2.27. The summed E-state index contributed by atoms with van der Waals surface area (Å²) in [4.78, 5) is 5.84. The highest BCUT2D eigenvalue weighted by atomic mass is 32.1. The quantitative estimate of drug-likeness (QED) is 0.908. The topological polar surface area (TPSA) is 15.3 Å². The predicted molar refractivity (Wildman–Crippen MR) is 82.8 cm³/mol. The van der Waals surface area contributed by atoms with Crippen molar-refractivity contribution in [1.82, 2.24) is 10.2 Å². The van der Waals surface area contributed by atoms with Crippen LogP contribution in [-0.2, 0) is 13.0 Å². The average Bonchev–Trinajstić information content (AvgIpc) is 3.10. The molecule has 1 aromatic rings. The van der Waals surface area contributed by atoms with E-state index in [1.165, 1.54) is 63.0 Å². The first-order valence-electron chi connectivity index (χ1n) is 7.92. The summed E-state index contributed by atoms with van der Waals surface area (Å²) in [7, 11) is 0. The van der Waals surface area contributed by atoms with Crippen LogP contribution in [0.4, 0.5) is 0 Å². The van der Waals surface area contributed by atoms with Crippen molar-refractivity contribution < 1.29 is 0 Å².